The molecule has 35 heavy (non-hydrogen) atoms. The number of hydrogen-bond donors (Lipinski definition) is 1. The van der Waals surface area contributed by atoms with E-state index in [9.17, 15) is 4.79 Å². The number of methoxy groups -OCH3 is 1. The number of hydrogen-bond acceptors (Lipinski definition) is 6. The summed E-state index contributed by atoms with van der Waals surface area (Å²) in [5.41, 5.74) is 4.43. The summed E-state index contributed by atoms with van der Waals surface area (Å²) in [6.07, 6.45) is 1.52. The predicted molar refractivity (Wildman–Crippen MR) is 138 cm³/mol. The van der Waals surface area contributed by atoms with Gasteiger partial charge in [-0.2, -0.15) is 5.10 Å². The van der Waals surface area contributed by atoms with Crippen LogP contribution < -0.4 is 24.4 Å². The zero-order valence-corrected chi connectivity index (χ0v) is 21.2. The van der Waals surface area contributed by atoms with Crippen LogP contribution in [0.3, 0.4) is 0 Å². The first kappa shape index (κ1) is 26.2. The minimum Gasteiger partial charge on any atom is -0.493 e. The molecule has 3 rings (SSSR count). The molecule has 1 amide bonds. The van der Waals surface area contributed by atoms with E-state index < -0.39 is 0 Å². The normalized spacial score (nSPS) is 10.8. The van der Waals surface area contributed by atoms with Crippen LogP contribution in [-0.2, 0) is 6.61 Å². The summed E-state index contributed by atoms with van der Waals surface area (Å²) < 4.78 is 22.4. The number of benzene rings is 3. The van der Waals surface area contributed by atoms with Gasteiger partial charge in [-0.3, -0.25) is 4.79 Å². The fourth-order valence-electron chi connectivity index (χ4n) is 3.10. The van der Waals surface area contributed by atoms with Crippen molar-refractivity contribution in [2.24, 2.45) is 5.10 Å². The lowest BCUT2D eigenvalue weighted by Gasteiger charge is -2.13. The molecule has 0 aromatic heterocycles. The fraction of sp³-hybridized carbons (Fsp3) is 0.231. The van der Waals surface area contributed by atoms with Crippen LogP contribution in [0.2, 0.25) is 10.0 Å². The lowest BCUT2D eigenvalue weighted by Crippen LogP contribution is -2.17. The summed E-state index contributed by atoms with van der Waals surface area (Å²) in [5, 5.41) is 5.15. The van der Waals surface area contributed by atoms with Gasteiger partial charge in [-0.25, -0.2) is 5.43 Å². The average Bonchev–Trinajstić information content (AvgIpc) is 2.84. The van der Waals surface area contributed by atoms with E-state index in [1.54, 1.807) is 55.6 Å². The summed E-state index contributed by atoms with van der Waals surface area (Å²) in [5.74, 6) is 1.76. The Bertz CT molecular complexity index is 1200. The number of rotatable bonds is 11. The van der Waals surface area contributed by atoms with E-state index in [0.717, 1.165) is 11.1 Å². The van der Waals surface area contributed by atoms with Gasteiger partial charge in [0, 0.05) is 21.2 Å². The number of nitrogens with zero attached hydrogens (tertiary/aromatic N) is 1. The molecule has 0 spiro atoms. The van der Waals surface area contributed by atoms with Gasteiger partial charge < -0.3 is 18.9 Å². The fourth-order valence-corrected chi connectivity index (χ4v) is 3.57. The Kier molecular flexibility index (Phi) is 9.64. The quantitative estimate of drug-likeness (QED) is 0.244. The molecule has 1 N–H and O–H groups in total. The molecular weight excluding hydrogens is 491 g/mol. The average molecular weight is 517 g/mol. The van der Waals surface area contributed by atoms with E-state index in [0.29, 0.717) is 51.8 Å². The van der Waals surface area contributed by atoms with Gasteiger partial charge in [0.25, 0.3) is 5.91 Å². The second kappa shape index (κ2) is 12.9. The number of ether oxygens (including phenoxy) is 4. The standard InChI is InChI=1S/C26H26Cl2N2O5/c1-4-33-24-12-17(6-10-23(24)35-16-19-7-9-20(27)14-21(19)28)15-29-30-26(31)18-8-11-22(32-3)25(13-18)34-5-2/h6-15H,4-5,16H2,1-3H3,(H,30,31)/b29-15+. The van der Waals surface area contributed by atoms with E-state index in [1.165, 1.54) is 6.21 Å². The Morgan fingerprint density at radius 1 is 0.886 bits per heavy atom. The molecule has 0 aliphatic heterocycles. The van der Waals surface area contributed by atoms with Gasteiger partial charge in [-0.15, -0.1) is 0 Å². The third-order valence-electron chi connectivity index (χ3n) is 4.77. The first-order chi connectivity index (χ1) is 16.9. The van der Waals surface area contributed by atoms with Crippen molar-refractivity contribution in [2.45, 2.75) is 20.5 Å². The van der Waals surface area contributed by atoms with Crippen LogP contribution >= 0.6 is 23.2 Å². The van der Waals surface area contributed by atoms with Crippen LogP contribution in [0.1, 0.15) is 35.3 Å². The van der Waals surface area contributed by atoms with Crippen LogP contribution in [0.5, 0.6) is 23.0 Å². The smallest absolute Gasteiger partial charge is 0.271 e. The van der Waals surface area contributed by atoms with Crippen LogP contribution in [0, 0.1) is 0 Å². The predicted octanol–water partition coefficient (Wildman–Crippen LogP) is 6.14. The van der Waals surface area contributed by atoms with Crippen LogP contribution in [0.25, 0.3) is 0 Å². The van der Waals surface area contributed by atoms with E-state index in [4.69, 9.17) is 42.1 Å². The van der Waals surface area contributed by atoms with E-state index in [2.05, 4.69) is 10.5 Å². The number of hydrazone groups is 1. The SMILES string of the molecule is CCOc1cc(C(=O)N/N=C/c2ccc(OCc3ccc(Cl)cc3Cl)c(OCC)c2)ccc1OC. The second-order valence-corrected chi connectivity index (χ2v) is 8.01. The third-order valence-corrected chi connectivity index (χ3v) is 5.36. The molecule has 0 heterocycles. The van der Waals surface area contributed by atoms with Crippen molar-refractivity contribution in [3.63, 3.8) is 0 Å². The van der Waals surface area contributed by atoms with E-state index in [-0.39, 0.29) is 12.5 Å². The Morgan fingerprint density at radius 2 is 1.60 bits per heavy atom. The summed E-state index contributed by atoms with van der Waals surface area (Å²) >= 11 is 12.2. The first-order valence-corrected chi connectivity index (χ1v) is 11.7. The molecule has 184 valence electrons. The summed E-state index contributed by atoms with van der Waals surface area (Å²) in [6.45, 7) is 4.90. The minimum absolute atomic E-state index is 0.255. The number of nitrogens with one attached hydrogen (secondary N) is 1. The van der Waals surface area contributed by atoms with E-state index in [1.807, 2.05) is 19.9 Å². The molecule has 0 atom stereocenters. The van der Waals surface area contributed by atoms with Gasteiger partial charge in [-0.1, -0.05) is 29.3 Å². The van der Waals surface area contributed by atoms with Crippen LogP contribution in [-0.4, -0.2) is 32.4 Å². The molecule has 0 unspecified atom stereocenters. The zero-order chi connectivity index (χ0) is 25.2. The summed E-state index contributed by atoms with van der Waals surface area (Å²) in [4.78, 5) is 12.5. The van der Waals surface area contributed by atoms with Crippen molar-refractivity contribution in [1.29, 1.82) is 0 Å². The first-order valence-electron chi connectivity index (χ1n) is 10.9. The number of amides is 1. The minimum atomic E-state index is -0.380. The van der Waals surface area contributed by atoms with E-state index >= 15 is 0 Å². The van der Waals surface area contributed by atoms with Gasteiger partial charge in [0.2, 0.25) is 0 Å². The molecule has 0 bridgehead atoms. The molecule has 7 nitrogen and oxygen atoms in total. The number of halogens is 2. The highest BCUT2D eigenvalue weighted by molar-refractivity contribution is 6.35. The molecular formula is C26H26Cl2N2O5. The Balaban J connectivity index is 1.67. The summed E-state index contributed by atoms with van der Waals surface area (Å²) in [6, 6.07) is 15.5. The Morgan fingerprint density at radius 3 is 2.29 bits per heavy atom. The highest BCUT2D eigenvalue weighted by Crippen LogP contribution is 2.30. The van der Waals surface area contributed by atoms with Crippen LogP contribution in [0.4, 0.5) is 0 Å². The second-order valence-electron chi connectivity index (χ2n) is 7.16. The third kappa shape index (κ3) is 7.28. The van der Waals surface area contributed by atoms with Crippen LogP contribution in [0.15, 0.2) is 59.7 Å². The van der Waals surface area contributed by atoms with Gasteiger partial charge in [0.1, 0.15) is 6.61 Å². The molecule has 0 saturated heterocycles. The molecule has 9 heteroatoms. The highest BCUT2D eigenvalue weighted by atomic mass is 35.5. The Hall–Kier alpha value is -3.42. The molecule has 0 radical (unpaired) electrons. The van der Waals surface area contributed by atoms with Gasteiger partial charge in [0.05, 0.1) is 26.5 Å². The van der Waals surface area contributed by atoms with Gasteiger partial charge >= 0.3 is 0 Å². The van der Waals surface area contributed by atoms with Crippen molar-refractivity contribution in [3.05, 3.63) is 81.3 Å². The van der Waals surface area contributed by atoms with Crippen molar-refractivity contribution >= 4 is 35.3 Å². The molecule has 0 fully saturated rings. The topological polar surface area (TPSA) is 78.4 Å². The molecule has 0 saturated carbocycles. The lowest BCUT2D eigenvalue weighted by molar-refractivity contribution is 0.0954. The molecule has 3 aromatic carbocycles. The summed E-state index contributed by atoms with van der Waals surface area (Å²) in [7, 11) is 1.54. The maximum atomic E-state index is 12.5. The number of carbonyl (C=O) groups excluding carboxylic acids is 1. The van der Waals surface area contributed by atoms with Crippen molar-refractivity contribution in [1.82, 2.24) is 5.43 Å². The van der Waals surface area contributed by atoms with Crippen molar-refractivity contribution < 1.29 is 23.7 Å². The molecule has 0 aliphatic carbocycles. The molecule has 0 aliphatic rings. The maximum Gasteiger partial charge on any atom is 0.271 e. The number of carbonyl (C=O) groups is 1. The zero-order valence-electron chi connectivity index (χ0n) is 19.6. The highest BCUT2D eigenvalue weighted by Gasteiger charge is 2.11. The maximum absolute atomic E-state index is 12.5. The largest absolute Gasteiger partial charge is 0.493 e. The van der Waals surface area contributed by atoms with Gasteiger partial charge in [0.15, 0.2) is 23.0 Å². The Labute approximate surface area is 214 Å². The van der Waals surface area contributed by atoms with Crippen molar-refractivity contribution in [2.75, 3.05) is 20.3 Å². The van der Waals surface area contributed by atoms with Crippen molar-refractivity contribution in [3.8, 4) is 23.0 Å². The monoisotopic (exact) mass is 516 g/mol. The molecule has 3 aromatic rings. The van der Waals surface area contributed by atoms with Gasteiger partial charge in [-0.05, 0) is 67.9 Å². The lowest BCUT2D eigenvalue weighted by atomic mass is 10.2.